The van der Waals surface area contributed by atoms with E-state index in [0.29, 0.717) is 23.1 Å². The number of hydrogen-bond donors (Lipinski definition) is 1. The van der Waals surface area contributed by atoms with Crippen LogP contribution in [0.25, 0.3) is 0 Å². The van der Waals surface area contributed by atoms with E-state index in [4.69, 9.17) is 26.8 Å². The van der Waals surface area contributed by atoms with Crippen LogP contribution < -0.4 is 10.5 Å². The summed E-state index contributed by atoms with van der Waals surface area (Å²) < 4.78 is 11.5. The fourth-order valence-electron chi connectivity index (χ4n) is 2.01. The molecule has 2 rings (SSSR count). The van der Waals surface area contributed by atoms with Crippen LogP contribution in [0.3, 0.4) is 0 Å². The molecule has 17 heavy (non-hydrogen) atoms. The van der Waals surface area contributed by atoms with Gasteiger partial charge in [0.05, 0.1) is 17.4 Å². The minimum Gasteiger partial charge on any atom is -0.489 e. The fourth-order valence-corrected chi connectivity index (χ4v) is 2.17. The van der Waals surface area contributed by atoms with Gasteiger partial charge in [0.2, 0.25) is 0 Å². The van der Waals surface area contributed by atoms with Crippen LogP contribution in [0.1, 0.15) is 26.7 Å². The van der Waals surface area contributed by atoms with Gasteiger partial charge < -0.3 is 15.2 Å². The standard InChI is InChI=1S/C13H18ClNO2/c1-13(2)6-5-10(17-13)8-16-12-7-9(14)3-4-11(12)15/h3-4,7,10H,5-6,8,15H2,1-2H3. The normalized spacial score (nSPS) is 22.6. The van der Waals surface area contributed by atoms with Gasteiger partial charge in [-0.2, -0.15) is 0 Å². The van der Waals surface area contributed by atoms with Crippen LogP contribution in [0.2, 0.25) is 5.02 Å². The van der Waals surface area contributed by atoms with Crippen molar-refractivity contribution in [2.24, 2.45) is 0 Å². The summed E-state index contributed by atoms with van der Waals surface area (Å²) in [6.07, 6.45) is 2.22. The Bertz CT molecular complexity index is 406. The zero-order valence-electron chi connectivity index (χ0n) is 10.2. The van der Waals surface area contributed by atoms with E-state index in [0.717, 1.165) is 12.8 Å². The maximum atomic E-state index is 5.89. The number of ether oxygens (including phenoxy) is 2. The van der Waals surface area contributed by atoms with Crippen molar-refractivity contribution >= 4 is 17.3 Å². The highest BCUT2D eigenvalue weighted by Crippen LogP contribution is 2.31. The zero-order valence-corrected chi connectivity index (χ0v) is 11.0. The Balaban J connectivity index is 1.92. The molecule has 0 saturated carbocycles. The molecule has 0 spiro atoms. The smallest absolute Gasteiger partial charge is 0.143 e. The average molecular weight is 256 g/mol. The monoisotopic (exact) mass is 255 g/mol. The van der Waals surface area contributed by atoms with Crippen LogP contribution in [0, 0.1) is 0 Å². The van der Waals surface area contributed by atoms with Gasteiger partial charge in [-0.15, -0.1) is 0 Å². The molecule has 4 heteroatoms. The highest BCUT2D eigenvalue weighted by atomic mass is 35.5. The molecule has 1 atom stereocenters. The molecule has 1 fully saturated rings. The molecule has 2 N–H and O–H groups in total. The summed E-state index contributed by atoms with van der Waals surface area (Å²) >= 11 is 5.89. The van der Waals surface area contributed by atoms with Crippen LogP contribution in [-0.2, 0) is 4.74 Å². The molecule has 1 saturated heterocycles. The molecule has 94 valence electrons. The average Bonchev–Trinajstić information content (AvgIpc) is 2.60. The van der Waals surface area contributed by atoms with E-state index in [-0.39, 0.29) is 11.7 Å². The zero-order chi connectivity index (χ0) is 12.5. The molecule has 0 aliphatic carbocycles. The lowest BCUT2D eigenvalue weighted by Gasteiger charge is -2.19. The van der Waals surface area contributed by atoms with Crippen LogP contribution in [0.4, 0.5) is 5.69 Å². The SMILES string of the molecule is CC1(C)CCC(COc2cc(Cl)ccc2N)O1. The number of nitrogen functional groups attached to an aromatic ring is 1. The molecular formula is C13H18ClNO2. The maximum absolute atomic E-state index is 5.89. The number of halogens is 1. The predicted octanol–water partition coefficient (Wildman–Crippen LogP) is 3.26. The summed E-state index contributed by atoms with van der Waals surface area (Å²) in [6, 6.07) is 5.23. The van der Waals surface area contributed by atoms with Gasteiger partial charge in [0, 0.05) is 11.1 Å². The first kappa shape index (κ1) is 12.5. The van der Waals surface area contributed by atoms with Crippen molar-refractivity contribution < 1.29 is 9.47 Å². The second kappa shape index (κ2) is 4.75. The minimum atomic E-state index is -0.0338. The molecule has 1 aliphatic rings. The number of hydrogen-bond acceptors (Lipinski definition) is 3. The van der Waals surface area contributed by atoms with Crippen LogP contribution in [0.5, 0.6) is 5.75 Å². The maximum Gasteiger partial charge on any atom is 0.143 e. The molecule has 1 unspecified atom stereocenters. The summed E-state index contributed by atoms with van der Waals surface area (Å²) in [7, 11) is 0. The molecule has 1 aromatic carbocycles. The van der Waals surface area contributed by atoms with Gasteiger partial charge in [-0.25, -0.2) is 0 Å². The number of anilines is 1. The predicted molar refractivity (Wildman–Crippen MR) is 69.5 cm³/mol. The van der Waals surface area contributed by atoms with E-state index in [9.17, 15) is 0 Å². The van der Waals surface area contributed by atoms with Crippen molar-refractivity contribution in [2.45, 2.75) is 38.4 Å². The summed E-state index contributed by atoms with van der Waals surface area (Å²) in [4.78, 5) is 0. The third-order valence-corrected chi connectivity index (χ3v) is 3.19. The second-order valence-corrected chi connectivity index (χ2v) is 5.47. The van der Waals surface area contributed by atoms with Crippen LogP contribution in [0.15, 0.2) is 18.2 Å². The highest BCUT2D eigenvalue weighted by molar-refractivity contribution is 6.30. The second-order valence-electron chi connectivity index (χ2n) is 5.03. The van der Waals surface area contributed by atoms with Gasteiger partial charge in [-0.3, -0.25) is 0 Å². The van der Waals surface area contributed by atoms with Crippen LogP contribution >= 0.6 is 11.6 Å². The molecule has 0 amide bonds. The van der Waals surface area contributed by atoms with E-state index in [2.05, 4.69) is 13.8 Å². The van der Waals surface area contributed by atoms with E-state index >= 15 is 0 Å². The van der Waals surface area contributed by atoms with Gasteiger partial charge in [0.25, 0.3) is 0 Å². The number of rotatable bonds is 3. The third kappa shape index (κ3) is 3.27. The molecular weight excluding hydrogens is 238 g/mol. The van der Waals surface area contributed by atoms with Crippen molar-refractivity contribution in [3.8, 4) is 5.75 Å². The van der Waals surface area contributed by atoms with E-state index in [1.54, 1.807) is 18.2 Å². The summed E-state index contributed by atoms with van der Waals surface area (Å²) in [6.45, 7) is 4.72. The Kier molecular flexibility index (Phi) is 3.50. The molecule has 0 bridgehead atoms. The summed E-state index contributed by atoms with van der Waals surface area (Å²) in [5.74, 6) is 0.630. The first-order valence-corrected chi connectivity index (χ1v) is 6.20. The van der Waals surface area contributed by atoms with Gasteiger partial charge in [-0.05, 0) is 38.8 Å². The third-order valence-electron chi connectivity index (χ3n) is 2.95. The van der Waals surface area contributed by atoms with E-state index in [1.165, 1.54) is 0 Å². The lowest BCUT2D eigenvalue weighted by molar-refractivity contribution is -0.0325. The van der Waals surface area contributed by atoms with Crippen molar-refractivity contribution in [1.29, 1.82) is 0 Å². The molecule has 1 heterocycles. The van der Waals surface area contributed by atoms with Crippen LogP contribution in [-0.4, -0.2) is 18.3 Å². The largest absolute Gasteiger partial charge is 0.489 e. The topological polar surface area (TPSA) is 44.5 Å². The first-order valence-electron chi connectivity index (χ1n) is 5.82. The van der Waals surface area contributed by atoms with Gasteiger partial charge in [0.1, 0.15) is 12.4 Å². The molecule has 0 aromatic heterocycles. The van der Waals surface area contributed by atoms with Gasteiger partial charge in [-0.1, -0.05) is 11.6 Å². The Morgan fingerprint density at radius 3 is 2.94 bits per heavy atom. The summed E-state index contributed by atoms with van der Waals surface area (Å²) in [5.41, 5.74) is 6.37. The van der Waals surface area contributed by atoms with Crippen molar-refractivity contribution in [3.63, 3.8) is 0 Å². The molecule has 1 aliphatic heterocycles. The Morgan fingerprint density at radius 1 is 1.53 bits per heavy atom. The quantitative estimate of drug-likeness (QED) is 0.844. The molecule has 1 aromatic rings. The minimum absolute atomic E-state index is 0.0338. The molecule has 3 nitrogen and oxygen atoms in total. The van der Waals surface area contributed by atoms with E-state index in [1.807, 2.05) is 0 Å². The van der Waals surface area contributed by atoms with Crippen molar-refractivity contribution in [2.75, 3.05) is 12.3 Å². The lowest BCUT2D eigenvalue weighted by atomic mass is 10.1. The van der Waals surface area contributed by atoms with Gasteiger partial charge >= 0.3 is 0 Å². The molecule has 0 radical (unpaired) electrons. The number of nitrogens with two attached hydrogens (primary N) is 1. The van der Waals surface area contributed by atoms with Crippen molar-refractivity contribution in [1.82, 2.24) is 0 Å². The first-order chi connectivity index (χ1) is 7.96. The highest BCUT2D eigenvalue weighted by Gasteiger charge is 2.31. The summed E-state index contributed by atoms with van der Waals surface area (Å²) in [5, 5.41) is 0.627. The van der Waals surface area contributed by atoms with E-state index < -0.39 is 0 Å². The Hall–Kier alpha value is -0.930. The Morgan fingerprint density at radius 2 is 2.29 bits per heavy atom. The lowest BCUT2D eigenvalue weighted by Crippen LogP contribution is -2.24. The fraction of sp³-hybridized carbons (Fsp3) is 0.538. The van der Waals surface area contributed by atoms with Gasteiger partial charge in [0.15, 0.2) is 0 Å². The number of benzene rings is 1. The van der Waals surface area contributed by atoms with Crippen molar-refractivity contribution in [3.05, 3.63) is 23.2 Å². The Labute approximate surface area is 107 Å².